The van der Waals surface area contributed by atoms with Gasteiger partial charge in [0.25, 0.3) is 5.91 Å². The molecule has 0 N–H and O–H groups in total. The first-order valence-corrected chi connectivity index (χ1v) is 10.1. The molecule has 1 heterocycles. The molecule has 0 saturated heterocycles. The highest BCUT2D eigenvalue weighted by atomic mass is 35.5. The van der Waals surface area contributed by atoms with Gasteiger partial charge in [0.1, 0.15) is 6.61 Å². The van der Waals surface area contributed by atoms with Gasteiger partial charge in [-0.25, -0.2) is 4.99 Å². The third-order valence-corrected chi connectivity index (χ3v) is 5.47. The van der Waals surface area contributed by atoms with Gasteiger partial charge >= 0.3 is 5.97 Å². The fraction of sp³-hybridized carbons (Fsp3) is 0.286. The standard InChI is InChI=1S/C21H20ClNO3S/c1-13(2)21(25)26-10-11-27-19-18(14-6-4-3-5-7-14)16-12-15(22)8-9-17(16)23-20(19)24/h3-9,12-13,16H,10-11H2,1-2H3. The number of carbonyl (C=O) groups excluding carboxylic acids is 2. The zero-order valence-electron chi connectivity index (χ0n) is 15.1. The molecule has 3 rings (SSSR count). The molecule has 0 bridgehead atoms. The smallest absolute Gasteiger partial charge is 0.308 e. The second-order valence-electron chi connectivity index (χ2n) is 6.48. The average Bonchev–Trinajstić information content (AvgIpc) is 2.66. The van der Waals surface area contributed by atoms with Gasteiger partial charge in [0.15, 0.2) is 0 Å². The molecule has 1 amide bonds. The summed E-state index contributed by atoms with van der Waals surface area (Å²) in [6.45, 7) is 3.83. The fourth-order valence-electron chi connectivity index (χ4n) is 2.85. The minimum Gasteiger partial charge on any atom is -0.465 e. The lowest BCUT2D eigenvalue weighted by Crippen LogP contribution is -2.24. The van der Waals surface area contributed by atoms with Crippen molar-refractivity contribution in [1.82, 2.24) is 0 Å². The van der Waals surface area contributed by atoms with Gasteiger partial charge in [0.2, 0.25) is 0 Å². The largest absolute Gasteiger partial charge is 0.465 e. The summed E-state index contributed by atoms with van der Waals surface area (Å²) in [4.78, 5) is 29.1. The molecule has 140 valence electrons. The number of hydrogen-bond donors (Lipinski definition) is 0. The summed E-state index contributed by atoms with van der Waals surface area (Å²) in [5.41, 5.74) is 2.55. The van der Waals surface area contributed by atoms with E-state index in [9.17, 15) is 9.59 Å². The number of dihydropyridines is 1. The maximum absolute atomic E-state index is 12.7. The molecule has 27 heavy (non-hydrogen) atoms. The summed E-state index contributed by atoms with van der Waals surface area (Å²) < 4.78 is 5.22. The fourth-order valence-corrected chi connectivity index (χ4v) is 3.98. The molecule has 1 atom stereocenters. The van der Waals surface area contributed by atoms with E-state index in [4.69, 9.17) is 16.3 Å². The Morgan fingerprint density at radius 2 is 2.00 bits per heavy atom. The van der Waals surface area contributed by atoms with Crippen molar-refractivity contribution in [3.63, 3.8) is 0 Å². The molecule has 0 radical (unpaired) electrons. The molecule has 4 nitrogen and oxygen atoms in total. The first kappa shape index (κ1) is 19.6. The third-order valence-electron chi connectivity index (χ3n) is 4.17. The van der Waals surface area contributed by atoms with Crippen LogP contribution in [-0.2, 0) is 14.3 Å². The number of halogens is 1. The Morgan fingerprint density at radius 3 is 2.70 bits per heavy atom. The normalized spacial score (nSPS) is 19.0. The molecule has 0 fully saturated rings. The number of ether oxygens (including phenoxy) is 1. The zero-order chi connectivity index (χ0) is 19.4. The van der Waals surface area contributed by atoms with Crippen molar-refractivity contribution >= 4 is 46.5 Å². The summed E-state index contributed by atoms with van der Waals surface area (Å²) in [5.74, 6) is -0.352. The first-order chi connectivity index (χ1) is 13.0. The van der Waals surface area contributed by atoms with Crippen LogP contribution in [0.3, 0.4) is 0 Å². The molecule has 1 unspecified atom stereocenters. The lowest BCUT2D eigenvalue weighted by Gasteiger charge is -2.27. The molecule has 0 spiro atoms. The Labute approximate surface area is 168 Å². The van der Waals surface area contributed by atoms with Gasteiger partial charge in [0.05, 0.1) is 16.5 Å². The van der Waals surface area contributed by atoms with Gasteiger partial charge in [-0.3, -0.25) is 9.59 Å². The summed E-state index contributed by atoms with van der Waals surface area (Å²) in [5, 5.41) is 0.622. The van der Waals surface area contributed by atoms with E-state index >= 15 is 0 Å². The number of nitrogens with zero attached hydrogens (tertiary/aromatic N) is 1. The number of rotatable bonds is 6. The van der Waals surface area contributed by atoms with Crippen LogP contribution in [0.25, 0.3) is 5.57 Å². The van der Waals surface area contributed by atoms with E-state index in [0.717, 1.165) is 11.1 Å². The zero-order valence-corrected chi connectivity index (χ0v) is 16.7. The van der Waals surface area contributed by atoms with Gasteiger partial charge in [0, 0.05) is 16.7 Å². The highest BCUT2D eigenvalue weighted by molar-refractivity contribution is 8.04. The van der Waals surface area contributed by atoms with Crippen LogP contribution in [0, 0.1) is 11.8 Å². The molecule has 6 heteroatoms. The molecule has 0 saturated carbocycles. The molecular weight excluding hydrogens is 382 g/mol. The van der Waals surface area contributed by atoms with Crippen molar-refractivity contribution in [3.8, 4) is 0 Å². The Bertz CT molecular complexity index is 869. The van der Waals surface area contributed by atoms with Gasteiger partial charge in [-0.05, 0) is 23.3 Å². The maximum atomic E-state index is 12.7. The second-order valence-corrected chi connectivity index (χ2v) is 8.03. The summed E-state index contributed by atoms with van der Waals surface area (Å²) >= 11 is 7.58. The van der Waals surface area contributed by atoms with E-state index in [0.29, 0.717) is 21.4 Å². The van der Waals surface area contributed by atoms with Crippen LogP contribution in [0.1, 0.15) is 19.4 Å². The van der Waals surface area contributed by atoms with Crippen molar-refractivity contribution in [2.24, 2.45) is 16.8 Å². The number of benzene rings is 1. The average molecular weight is 402 g/mol. The Morgan fingerprint density at radius 1 is 1.26 bits per heavy atom. The molecular formula is C21H20ClNO3S. The van der Waals surface area contributed by atoms with E-state index in [1.54, 1.807) is 26.0 Å². The lowest BCUT2D eigenvalue weighted by atomic mass is 9.84. The molecule has 1 aromatic carbocycles. The third kappa shape index (κ3) is 4.60. The SMILES string of the molecule is CC(C)C(=O)OCCSC1=C(c2ccccc2)C2C=C(Cl)C=CC2=NC1=O. The van der Waals surface area contributed by atoms with Crippen LogP contribution < -0.4 is 0 Å². The van der Waals surface area contributed by atoms with Gasteiger partial charge in [-0.1, -0.05) is 61.9 Å². The van der Waals surface area contributed by atoms with Crippen LogP contribution in [0.2, 0.25) is 0 Å². The predicted octanol–water partition coefficient (Wildman–Crippen LogP) is 4.62. The highest BCUT2D eigenvalue weighted by Gasteiger charge is 2.32. The van der Waals surface area contributed by atoms with Crippen LogP contribution >= 0.6 is 23.4 Å². The van der Waals surface area contributed by atoms with Crippen LogP contribution in [0.4, 0.5) is 0 Å². The Hall–Kier alpha value is -2.11. The van der Waals surface area contributed by atoms with Gasteiger partial charge in [-0.15, -0.1) is 11.8 Å². The molecule has 1 aliphatic heterocycles. The Balaban J connectivity index is 1.88. The number of hydrogen-bond acceptors (Lipinski definition) is 4. The predicted molar refractivity (Wildman–Crippen MR) is 111 cm³/mol. The Kier molecular flexibility index (Phi) is 6.34. The van der Waals surface area contributed by atoms with Crippen molar-refractivity contribution in [3.05, 3.63) is 64.1 Å². The molecule has 1 aromatic rings. The van der Waals surface area contributed by atoms with E-state index in [1.165, 1.54) is 11.8 Å². The van der Waals surface area contributed by atoms with E-state index < -0.39 is 0 Å². The van der Waals surface area contributed by atoms with E-state index in [2.05, 4.69) is 4.99 Å². The maximum Gasteiger partial charge on any atom is 0.308 e. The van der Waals surface area contributed by atoms with Crippen LogP contribution in [0.15, 0.2) is 63.5 Å². The number of amides is 1. The number of carbonyl (C=O) groups is 2. The molecule has 0 aromatic heterocycles. The molecule has 2 aliphatic rings. The van der Waals surface area contributed by atoms with E-state index in [-0.39, 0.29) is 30.3 Å². The van der Waals surface area contributed by atoms with Crippen molar-refractivity contribution in [1.29, 1.82) is 0 Å². The van der Waals surface area contributed by atoms with Crippen molar-refractivity contribution in [2.45, 2.75) is 13.8 Å². The van der Waals surface area contributed by atoms with Crippen LogP contribution in [0.5, 0.6) is 0 Å². The minimum absolute atomic E-state index is 0.164. The summed E-state index contributed by atoms with van der Waals surface area (Å²) in [7, 11) is 0. The first-order valence-electron chi connectivity index (χ1n) is 8.74. The minimum atomic E-state index is -0.267. The topological polar surface area (TPSA) is 55.7 Å². The quantitative estimate of drug-likeness (QED) is 0.515. The number of aliphatic imine (C=N–C) groups is 1. The van der Waals surface area contributed by atoms with Crippen molar-refractivity contribution in [2.75, 3.05) is 12.4 Å². The summed E-state index contributed by atoms with van der Waals surface area (Å²) in [6.07, 6.45) is 5.45. The number of esters is 1. The monoisotopic (exact) mass is 401 g/mol. The molecule has 1 aliphatic carbocycles. The van der Waals surface area contributed by atoms with Gasteiger partial charge < -0.3 is 4.74 Å². The van der Waals surface area contributed by atoms with Crippen LogP contribution in [-0.4, -0.2) is 29.9 Å². The van der Waals surface area contributed by atoms with E-state index in [1.807, 2.05) is 36.4 Å². The number of thioether (sulfide) groups is 1. The summed E-state index contributed by atoms with van der Waals surface area (Å²) in [6, 6.07) is 9.77. The second kappa shape index (κ2) is 8.72. The van der Waals surface area contributed by atoms with Crippen molar-refractivity contribution < 1.29 is 14.3 Å². The number of fused-ring (bicyclic) bond motifs is 1. The number of allylic oxidation sites excluding steroid dienone is 5. The highest BCUT2D eigenvalue weighted by Crippen LogP contribution is 2.40. The van der Waals surface area contributed by atoms with Gasteiger partial charge in [-0.2, -0.15) is 0 Å². The lowest BCUT2D eigenvalue weighted by molar-refractivity contribution is -0.146.